The van der Waals surface area contributed by atoms with Crippen LogP contribution in [0.25, 0.3) is 10.9 Å². The second kappa shape index (κ2) is 12.0. The highest BCUT2D eigenvalue weighted by atomic mass is 35.5. The molecule has 3 N–H and O–H groups in total. The monoisotopic (exact) mass is 580 g/mol. The van der Waals surface area contributed by atoms with Crippen LogP contribution in [0.15, 0.2) is 24.3 Å². The van der Waals surface area contributed by atoms with E-state index < -0.39 is 6.04 Å². The van der Waals surface area contributed by atoms with Crippen LogP contribution in [0.5, 0.6) is 0 Å². The van der Waals surface area contributed by atoms with E-state index in [1.54, 1.807) is 23.1 Å². The first-order valence-corrected chi connectivity index (χ1v) is 13.3. The van der Waals surface area contributed by atoms with Crippen LogP contribution in [0.3, 0.4) is 0 Å². The van der Waals surface area contributed by atoms with Crippen LogP contribution in [0, 0.1) is 0 Å². The van der Waals surface area contributed by atoms with Gasteiger partial charge in [-0.3, -0.25) is 14.4 Å². The van der Waals surface area contributed by atoms with Crippen molar-refractivity contribution in [2.45, 2.75) is 31.5 Å². The van der Waals surface area contributed by atoms with Gasteiger partial charge in [-0.1, -0.05) is 11.6 Å². The molecule has 2 aliphatic heterocycles. The minimum atomic E-state index is -0.492. The Morgan fingerprint density at radius 2 is 1.97 bits per heavy atom. The fourth-order valence-corrected chi connectivity index (χ4v) is 6.11. The number of aromatic amines is 1. The lowest BCUT2D eigenvalue weighted by molar-refractivity contribution is -0.136. The van der Waals surface area contributed by atoms with Gasteiger partial charge in [-0.25, -0.2) is 4.98 Å². The van der Waals surface area contributed by atoms with E-state index in [4.69, 9.17) is 16.3 Å². The van der Waals surface area contributed by atoms with Gasteiger partial charge in [0.15, 0.2) is 5.01 Å². The molecule has 10 nitrogen and oxygen atoms in total. The number of amides is 3. The Balaban J connectivity index is 0.00000336. The minimum Gasteiger partial charge on any atom is -0.375 e. The van der Waals surface area contributed by atoms with Crippen molar-refractivity contribution in [3.8, 4) is 0 Å². The summed E-state index contributed by atoms with van der Waals surface area (Å²) in [5, 5.41) is 7.92. The second-order valence-electron chi connectivity index (χ2n) is 9.51. The van der Waals surface area contributed by atoms with Crippen LogP contribution in [0.4, 0.5) is 0 Å². The van der Waals surface area contributed by atoms with Crippen molar-refractivity contribution in [1.29, 1.82) is 0 Å². The second-order valence-corrected chi connectivity index (χ2v) is 11.0. The molecule has 2 atom stereocenters. The Morgan fingerprint density at radius 3 is 2.76 bits per heavy atom. The Hall–Kier alpha value is -2.70. The fraction of sp³-hybridized carbons (Fsp3) is 0.440. The van der Waals surface area contributed by atoms with Crippen molar-refractivity contribution >= 4 is 64.0 Å². The highest BCUT2D eigenvalue weighted by Gasteiger charge is 2.35. The van der Waals surface area contributed by atoms with Crippen molar-refractivity contribution in [3.05, 3.63) is 50.6 Å². The molecule has 0 saturated carbocycles. The molecule has 204 valence electrons. The van der Waals surface area contributed by atoms with Crippen molar-refractivity contribution in [2.24, 2.45) is 0 Å². The van der Waals surface area contributed by atoms with Gasteiger partial charge in [-0.05, 0) is 37.7 Å². The van der Waals surface area contributed by atoms with Gasteiger partial charge < -0.3 is 30.2 Å². The van der Waals surface area contributed by atoms with Gasteiger partial charge in [0.25, 0.3) is 11.8 Å². The van der Waals surface area contributed by atoms with E-state index in [2.05, 4.69) is 25.5 Å². The molecule has 3 amide bonds. The summed E-state index contributed by atoms with van der Waals surface area (Å²) in [5.41, 5.74) is 2.17. The van der Waals surface area contributed by atoms with Gasteiger partial charge in [0.2, 0.25) is 5.91 Å². The van der Waals surface area contributed by atoms with Crippen molar-refractivity contribution in [1.82, 2.24) is 30.4 Å². The number of aromatic nitrogens is 2. The average molecular weight is 582 g/mol. The Bertz CT molecular complexity index is 1340. The molecule has 2 aliphatic rings. The molecule has 1 fully saturated rings. The largest absolute Gasteiger partial charge is 0.375 e. The number of nitrogens with zero attached hydrogens (tertiary/aromatic N) is 3. The number of piperidine rings is 1. The molecule has 1 saturated heterocycles. The first kappa shape index (κ1) is 28.3. The fourth-order valence-electron chi connectivity index (χ4n) is 4.83. The summed E-state index contributed by atoms with van der Waals surface area (Å²) in [6.07, 6.45) is 1.30. The maximum Gasteiger partial charge on any atom is 0.280 e. The third-order valence-corrected chi connectivity index (χ3v) is 8.13. The van der Waals surface area contributed by atoms with Gasteiger partial charge in [0.05, 0.1) is 17.8 Å². The normalized spacial score (nSPS) is 19.5. The average Bonchev–Trinajstić information content (AvgIpc) is 3.49. The molecule has 4 heterocycles. The standard InChI is InChI=1S/C25H29ClN6O4S.ClH/c1-31-7-5-18-21(12-31)37-25(30-18)24(35)29-20-11-32(22(33)13-36-2)8-6-17(20)28-23(34)19-10-14-9-15(26)3-4-16(14)27-19;/h3-4,9-10,17,20,27H,5-8,11-13H2,1-2H3,(H,28,34)(H,29,35);1H/t17-,20+;/m1./s1. The van der Waals surface area contributed by atoms with E-state index in [-0.39, 0.29) is 49.3 Å². The van der Waals surface area contributed by atoms with E-state index in [1.807, 2.05) is 13.1 Å². The Labute approximate surface area is 235 Å². The summed E-state index contributed by atoms with van der Waals surface area (Å²) in [6.45, 7) is 2.35. The number of likely N-dealkylation sites (N-methyl/N-ethyl adjacent to an activating group) is 1. The van der Waals surface area contributed by atoms with Gasteiger partial charge in [-0.2, -0.15) is 0 Å². The first-order valence-electron chi connectivity index (χ1n) is 12.1. The van der Waals surface area contributed by atoms with Crippen LogP contribution in [-0.2, 0) is 22.5 Å². The number of hydrogen-bond acceptors (Lipinski definition) is 7. The maximum absolute atomic E-state index is 13.2. The summed E-state index contributed by atoms with van der Waals surface area (Å²) in [4.78, 5) is 51.5. The van der Waals surface area contributed by atoms with Crippen LogP contribution in [0.1, 0.15) is 37.3 Å². The zero-order valence-electron chi connectivity index (χ0n) is 21.1. The zero-order valence-corrected chi connectivity index (χ0v) is 23.5. The molecule has 0 spiro atoms. The molecule has 0 radical (unpaired) electrons. The van der Waals surface area contributed by atoms with Crippen LogP contribution >= 0.6 is 35.3 Å². The van der Waals surface area contributed by atoms with Crippen molar-refractivity contribution in [2.75, 3.05) is 40.4 Å². The summed E-state index contributed by atoms with van der Waals surface area (Å²) < 4.78 is 5.01. The molecule has 0 bridgehead atoms. The van der Waals surface area contributed by atoms with E-state index in [9.17, 15) is 14.4 Å². The topological polar surface area (TPSA) is 120 Å². The van der Waals surface area contributed by atoms with Gasteiger partial charge in [0.1, 0.15) is 12.3 Å². The van der Waals surface area contributed by atoms with E-state index in [1.165, 1.54) is 18.4 Å². The molecule has 13 heteroatoms. The molecule has 3 aromatic rings. The van der Waals surface area contributed by atoms with E-state index in [0.717, 1.165) is 41.0 Å². The predicted octanol–water partition coefficient (Wildman–Crippen LogP) is 2.46. The summed E-state index contributed by atoms with van der Waals surface area (Å²) in [5.74, 6) is -0.750. The summed E-state index contributed by atoms with van der Waals surface area (Å²) >= 11 is 7.48. The van der Waals surface area contributed by atoms with Gasteiger partial charge in [0, 0.05) is 60.5 Å². The smallest absolute Gasteiger partial charge is 0.280 e. The third kappa shape index (κ3) is 6.13. The van der Waals surface area contributed by atoms with Gasteiger partial charge >= 0.3 is 0 Å². The van der Waals surface area contributed by atoms with Crippen LogP contribution in [0.2, 0.25) is 5.02 Å². The maximum atomic E-state index is 13.2. The number of benzene rings is 1. The predicted molar refractivity (Wildman–Crippen MR) is 148 cm³/mol. The number of thiazole rings is 1. The van der Waals surface area contributed by atoms with Gasteiger partial charge in [-0.15, -0.1) is 23.7 Å². The van der Waals surface area contributed by atoms with Crippen LogP contribution < -0.4 is 10.6 Å². The number of carbonyl (C=O) groups is 3. The number of methoxy groups -OCH3 is 1. The number of fused-ring (bicyclic) bond motifs is 2. The third-order valence-electron chi connectivity index (χ3n) is 6.81. The lowest BCUT2D eigenvalue weighted by Gasteiger charge is -2.39. The Kier molecular flexibility index (Phi) is 8.94. The lowest BCUT2D eigenvalue weighted by atomic mass is 9.98. The quantitative estimate of drug-likeness (QED) is 0.412. The SMILES string of the molecule is COCC(=O)N1CC[C@@H](NC(=O)c2cc3cc(Cl)ccc3[nH]2)[C@@H](NC(=O)c2nc3c(s2)CN(C)CC3)C1.Cl. The lowest BCUT2D eigenvalue weighted by Crippen LogP contribution is -2.61. The number of halogens is 2. The summed E-state index contributed by atoms with van der Waals surface area (Å²) in [7, 11) is 3.52. The molecule has 0 aliphatic carbocycles. The molecular weight excluding hydrogens is 551 g/mol. The number of H-pyrrole nitrogens is 1. The highest BCUT2D eigenvalue weighted by molar-refractivity contribution is 7.13. The highest BCUT2D eigenvalue weighted by Crippen LogP contribution is 2.25. The van der Waals surface area contributed by atoms with E-state index >= 15 is 0 Å². The number of likely N-dealkylation sites (tertiary alicyclic amines) is 1. The molecule has 2 aromatic heterocycles. The Morgan fingerprint density at radius 1 is 1.18 bits per heavy atom. The number of rotatable bonds is 6. The molecular formula is C25H30Cl2N6O4S. The number of carbonyl (C=O) groups excluding carboxylic acids is 3. The van der Waals surface area contributed by atoms with Crippen molar-refractivity contribution in [3.63, 3.8) is 0 Å². The molecule has 1 aromatic carbocycles. The minimum absolute atomic E-state index is 0. The molecule has 5 rings (SSSR count). The molecule has 0 unspecified atom stereocenters. The first-order chi connectivity index (χ1) is 17.8. The van der Waals surface area contributed by atoms with Crippen LogP contribution in [-0.4, -0.2) is 90.0 Å². The van der Waals surface area contributed by atoms with Crippen molar-refractivity contribution < 1.29 is 19.1 Å². The molecule has 38 heavy (non-hydrogen) atoms. The number of hydrogen-bond donors (Lipinski definition) is 3. The summed E-state index contributed by atoms with van der Waals surface area (Å²) in [6, 6.07) is 6.25. The number of ether oxygens (including phenoxy) is 1. The number of nitrogens with one attached hydrogen (secondary N) is 3. The van der Waals surface area contributed by atoms with E-state index in [0.29, 0.717) is 28.7 Å². The zero-order chi connectivity index (χ0) is 26.1.